The van der Waals surface area contributed by atoms with Crippen LogP contribution in [0.1, 0.15) is 12.0 Å². The van der Waals surface area contributed by atoms with Crippen LogP contribution in [0.25, 0.3) is 0 Å². The molecular formula is C18H28ClN7O3. The molecule has 0 amide bonds. The van der Waals surface area contributed by atoms with Crippen molar-refractivity contribution in [3.8, 4) is 11.9 Å². The molecule has 0 atom stereocenters. The van der Waals surface area contributed by atoms with Gasteiger partial charge in [0.05, 0.1) is 13.2 Å². The van der Waals surface area contributed by atoms with Crippen molar-refractivity contribution in [1.29, 1.82) is 0 Å². The molecule has 0 saturated carbocycles. The molecule has 0 radical (unpaired) electrons. The number of hydrogen-bond acceptors (Lipinski definition) is 10. The number of methoxy groups -OCH3 is 1. The van der Waals surface area contributed by atoms with Gasteiger partial charge in [-0.3, -0.25) is 0 Å². The lowest BCUT2D eigenvalue weighted by Crippen LogP contribution is -2.15. The fraction of sp³-hybridized carbons (Fsp3) is 0.500. The lowest BCUT2D eigenvalue weighted by molar-refractivity contribution is 0.141. The molecule has 11 heteroatoms. The second-order valence-corrected chi connectivity index (χ2v) is 6.89. The minimum Gasteiger partial charge on any atom is -0.477 e. The summed E-state index contributed by atoms with van der Waals surface area (Å²) in [4.78, 5) is 14.6. The Hall–Kier alpha value is -2.56. The van der Waals surface area contributed by atoms with Gasteiger partial charge < -0.3 is 35.9 Å². The molecular weight excluding hydrogens is 398 g/mol. The van der Waals surface area contributed by atoms with Crippen LogP contribution >= 0.6 is 11.6 Å². The largest absolute Gasteiger partial charge is 0.477 e. The van der Waals surface area contributed by atoms with Gasteiger partial charge in [0.25, 0.3) is 0 Å². The average Bonchev–Trinajstić information content (AvgIpc) is 2.68. The summed E-state index contributed by atoms with van der Waals surface area (Å²) < 4.78 is 16.0. The number of nitrogens with two attached hydrogens (primary N) is 2. The molecule has 5 N–H and O–H groups in total. The third kappa shape index (κ3) is 7.41. The fourth-order valence-electron chi connectivity index (χ4n) is 2.28. The Kier molecular flexibility index (Phi) is 8.97. The lowest BCUT2D eigenvalue weighted by Gasteiger charge is -2.13. The normalized spacial score (nSPS) is 10.9. The summed E-state index contributed by atoms with van der Waals surface area (Å²) >= 11 is 6.28. The predicted molar refractivity (Wildman–Crippen MR) is 113 cm³/mol. The maximum absolute atomic E-state index is 6.28. The number of ether oxygens (including phenoxy) is 3. The highest BCUT2D eigenvalue weighted by molar-refractivity contribution is 6.31. The first kappa shape index (κ1) is 22.7. The quantitative estimate of drug-likeness (QED) is 0.431. The van der Waals surface area contributed by atoms with Crippen LogP contribution in [0, 0.1) is 0 Å². The van der Waals surface area contributed by atoms with E-state index in [9.17, 15) is 0 Å². The molecule has 29 heavy (non-hydrogen) atoms. The van der Waals surface area contributed by atoms with Crippen LogP contribution in [-0.2, 0) is 11.3 Å². The second kappa shape index (κ2) is 11.4. The molecule has 10 nitrogen and oxygen atoms in total. The number of hydrogen-bond donors (Lipinski definition) is 3. The van der Waals surface area contributed by atoms with E-state index in [2.05, 4.69) is 25.2 Å². The molecule has 2 heterocycles. The summed E-state index contributed by atoms with van der Waals surface area (Å²) in [6.45, 7) is 2.57. The maximum atomic E-state index is 6.28. The van der Waals surface area contributed by atoms with Crippen molar-refractivity contribution in [3.05, 3.63) is 22.8 Å². The van der Waals surface area contributed by atoms with Gasteiger partial charge in [-0.05, 0) is 32.1 Å². The molecule has 160 valence electrons. The van der Waals surface area contributed by atoms with Gasteiger partial charge in [0.2, 0.25) is 5.88 Å². The Balaban J connectivity index is 1.96. The van der Waals surface area contributed by atoms with Gasteiger partial charge in [-0.2, -0.15) is 9.97 Å². The van der Waals surface area contributed by atoms with E-state index in [0.29, 0.717) is 43.1 Å². The van der Waals surface area contributed by atoms with Crippen molar-refractivity contribution < 1.29 is 14.2 Å². The van der Waals surface area contributed by atoms with Crippen LogP contribution in [0.2, 0.25) is 5.02 Å². The molecule has 0 aliphatic heterocycles. The molecule has 0 aliphatic carbocycles. The topological polar surface area (TPSA) is 134 Å². The fourth-order valence-corrected chi connectivity index (χ4v) is 2.53. The van der Waals surface area contributed by atoms with Gasteiger partial charge in [-0.25, -0.2) is 4.98 Å². The van der Waals surface area contributed by atoms with E-state index in [1.807, 2.05) is 14.1 Å². The number of aromatic nitrogens is 3. The van der Waals surface area contributed by atoms with Crippen molar-refractivity contribution in [2.24, 2.45) is 0 Å². The summed E-state index contributed by atoms with van der Waals surface area (Å²) in [5, 5.41) is 3.54. The zero-order chi connectivity index (χ0) is 21.2. The zero-order valence-corrected chi connectivity index (χ0v) is 17.7. The number of nitrogen functional groups attached to an aromatic ring is 2. The first-order chi connectivity index (χ1) is 13.9. The van der Waals surface area contributed by atoms with Crippen LogP contribution in [0.5, 0.6) is 11.9 Å². The summed E-state index contributed by atoms with van der Waals surface area (Å²) in [7, 11) is 5.60. The SMILES string of the molecule is COCCOc1nc(N)c(N)c(NCc2cnc(OCCCN(C)C)c(Cl)c2)n1. The van der Waals surface area contributed by atoms with E-state index in [0.717, 1.165) is 18.5 Å². The monoisotopic (exact) mass is 425 g/mol. The van der Waals surface area contributed by atoms with Crippen LogP contribution < -0.4 is 26.3 Å². The molecule has 0 spiro atoms. The molecule has 0 unspecified atom stereocenters. The van der Waals surface area contributed by atoms with Gasteiger partial charge >= 0.3 is 6.01 Å². The van der Waals surface area contributed by atoms with Crippen LogP contribution in [0.4, 0.5) is 17.3 Å². The van der Waals surface area contributed by atoms with E-state index >= 15 is 0 Å². The Morgan fingerprint density at radius 2 is 1.93 bits per heavy atom. The van der Waals surface area contributed by atoms with Crippen molar-refractivity contribution >= 4 is 28.9 Å². The average molecular weight is 426 g/mol. The molecule has 0 aliphatic rings. The van der Waals surface area contributed by atoms with Crippen molar-refractivity contribution in [2.45, 2.75) is 13.0 Å². The summed E-state index contributed by atoms with van der Waals surface area (Å²) in [5.41, 5.74) is 12.9. The van der Waals surface area contributed by atoms with Crippen LogP contribution in [0.15, 0.2) is 12.3 Å². The number of nitrogens with zero attached hydrogens (tertiary/aromatic N) is 4. The highest BCUT2D eigenvalue weighted by atomic mass is 35.5. The predicted octanol–water partition coefficient (Wildman–Crippen LogP) is 1.66. The number of pyridine rings is 1. The summed E-state index contributed by atoms with van der Waals surface area (Å²) in [5.74, 6) is 0.909. The first-order valence-corrected chi connectivity index (χ1v) is 9.49. The van der Waals surface area contributed by atoms with Gasteiger partial charge in [0.1, 0.15) is 17.3 Å². The van der Waals surface area contributed by atoms with Crippen molar-refractivity contribution in [3.63, 3.8) is 0 Å². The summed E-state index contributed by atoms with van der Waals surface area (Å²) in [6, 6.07) is 1.90. The zero-order valence-electron chi connectivity index (χ0n) is 16.9. The minimum atomic E-state index is 0.119. The highest BCUT2D eigenvalue weighted by Gasteiger charge is 2.11. The lowest BCUT2D eigenvalue weighted by atomic mass is 10.3. The second-order valence-electron chi connectivity index (χ2n) is 6.48. The molecule has 2 rings (SSSR count). The Bertz CT molecular complexity index is 792. The van der Waals surface area contributed by atoms with Gasteiger partial charge in [-0.1, -0.05) is 11.6 Å². The molecule has 0 bridgehead atoms. The highest BCUT2D eigenvalue weighted by Crippen LogP contribution is 2.26. The molecule has 0 saturated heterocycles. The first-order valence-electron chi connectivity index (χ1n) is 9.11. The molecule has 0 aromatic carbocycles. The molecule has 2 aromatic heterocycles. The standard InChI is InChI=1S/C18H28ClN7O3/c1-26(2)5-4-6-28-17-13(19)9-12(11-23-17)10-22-16-14(20)15(21)24-18(25-16)29-8-7-27-3/h9,11H,4-8,10,20H2,1-3H3,(H3,21,22,24,25). The number of rotatable bonds is 12. The van der Waals surface area contributed by atoms with Gasteiger partial charge in [-0.15, -0.1) is 0 Å². The smallest absolute Gasteiger partial charge is 0.320 e. The number of halogens is 1. The van der Waals surface area contributed by atoms with Crippen molar-refractivity contribution in [1.82, 2.24) is 19.9 Å². The van der Waals surface area contributed by atoms with E-state index in [-0.39, 0.29) is 17.5 Å². The summed E-state index contributed by atoms with van der Waals surface area (Å²) in [6.07, 6.45) is 2.56. The number of anilines is 3. The minimum absolute atomic E-state index is 0.119. The van der Waals surface area contributed by atoms with E-state index in [1.54, 1.807) is 19.4 Å². The van der Waals surface area contributed by atoms with E-state index in [1.165, 1.54) is 0 Å². The van der Waals surface area contributed by atoms with Gasteiger partial charge in [0, 0.05) is 26.4 Å². The van der Waals surface area contributed by atoms with Crippen LogP contribution in [0.3, 0.4) is 0 Å². The van der Waals surface area contributed by atoms with E-state index in [4.69, 9.17) is 37.3 Å². The van der Waals surface area contributed by atoms with Crippen LogP contribution in [-0.4, -0.2) is 67.4 Å². The van der Waals surface area contributed by atoms with Gasteiger partial charge in [0.15, 0.2) is 11.6 Å². The molecule has 0 fully saturated rings. The van der Waals surface area contributed by atoms with E-state index < -0.39 is 0 Å². The Labute approximate surface area is 175 Å². The Morgan fingerprint density at radius 1 is 1.14 bits per heavy atom. The Morgan fingerprint density at radius 3 is 2.62 bits per heavy atom. The third-order valence-corrected chi connectivity index (χ3v) is 4.06. The number of nitrogens with one attached hydrogen (secondary N) is 1. The molecule has 2 aromatic rings. The third-order valence-electron chi connectivity index (χ3n) is 3.79. The van der Waals surface area contributed by atoms with Crippen molar-refractivity contribution in [2.75, 3.05) is 64.4 Å². The maximum Gasteiger partial charge on any atom is 0.320 e.